The van der Waals surface area contributed by atoms with Gasteiger partial charge in [-0.15, -0.1) is 0 Å². The summed E-state index contributed by atoms with van der Waals surface area (Å²) in [5.74, 6) is -0.827. The molecule has 1 aliphatic carbocycles. The average Bonchev–Trinajstić information content (AvgIpc) is 2.70. The molecule has 2 aromatic rings. The Balaban J connectivity index is 1.88. The Labute approximate surface area is 162 Å². The zero-order chi connectivity index (χ0) is 19.7. The zero-order valence-corrected chi connectivity index (χ0v) is 15.1. The highest BCUT2D eigenvalue weighted by molar-refractivity contribution is 5.62. The summed E-state index contributed by atoms with van der Waals surface area (Å²) in [4.78, 5) is 0. The number of benzene rings is 2. The first-order chi connectivity index (χ1) is 13.6. The molecule has 140 valence electrons. The summed E-state index contributed by atoms with van der Waals surface area (Å²) in [6, 6.07) is 14.9. The molecule has 0 fully saturated rings. The van der Waals surface area contributed by atoms with Crippen molar-refractivity contribution in [2.45, 2.75) is 25.2 Å². The van der Waals surface area contributed by atoms with E-state index in [1.54, 1.807) is 42.5 Å². The van der Waals surface area contributed by atoms with E-state index in [2.05, 4.69) is 6.07 Å². The van der Waals surface area contributed by atoms with Crippen LogP contribution in [0, 0.1) is 23.0 Å². The van der Waals surface area contributed by atoms with Gasteiger partial charge in [0, 0.05) is 11.1 Å². The van der Waals surface area contributed by atoms with Crippen LogP contribution in [0.4, 0.5) is 8.78 Å². The van der Waals surface area contributed by atoms with Crippen molar-refractivity contribution in [3.8, 4) is 6.07 Å². The second-order valence-corrected chi connectivity index (χ2v) is 6.85. The van der Waals surface area contributed by atoms with Gasteiger partial charge in [0.15, 0.2) is 0 Å². The fourth-order valence-electron chi connectivity index (χ4n) is 3.88. The van der Waals surface area contributed by atoms with Gasteiger partial charge in [0.2, 0.25) is 5.88 Å². The fourth-order valence-corrected chi connectivity index (χ4v) is 3.88. The topological polar surface area (TPSA) is 59.0 Å². The van der Waals surface area contributed by atoms with Gasteiger partial charge >= 0.3 is 0 Å². The number of hydrogen-bond acceptors (Lipinski definition) is 3. The van der Waals surface area contributed by atoms with Crippen LogP contribution in [0.2, 0.25) is 0 Å². The number of nitrogens with zero attached hydrogens (tertiary/aromatic N) is 1. The van der Waals surface area contributed by atoms with E-state index >= 15 is 0 Å². The molecule has 2 aromatic carbocycles. The third-order valence-electron chi connectivity index (χ3n) is 5.16. The van der Waals surface area contributed by atoms with Crippen LogP contribution < -0.4 is 5.73 Å². The van der Waals surface area contributed by atoms with Crippen molar-refractivity contribution in [3.63, 3.8) is 0 Å². The highest BCUT2D eigenvalue weighted by Crippen LogP contribution is 2.47. The smallest absolute Gasteiger partial charge is 0.205 e. The van der Waals surface area contributed by atoms with E-state index in [1.165, 1.54) is 12.1 Å². The second kappa shape index (κ2) is 7.32. The lowest BCUT2D eigenvalue weighted by atomic mass is 9.76. The van der Waals surface area contributed by atoms with Gasteiger partial charge in [0.05, 0.1) is 5.92 Å². The Kier molecular flexibility index (Phi) is 4.70. The second-order valence-electron chi connectivity index (χ2n) is 6.85. The van der Waals surface area contributed by atoms with E-state index in [1.807, 2.05) is 0 Å². The maximum absolute atomic E-state index is 14.6. The van der Waals surface area contributed by atoms with Crippen LogP contribution in [0.1, 0.15) is 36.3 Å². The lowest BCUT2D eigenvalue weighted by Gasteiger charge is -2.33. The molecule has 0 radical (unpaired) electrons. The number of allylic oxidation sites excluding steroid dienone is 3. The van der Waals surface area contributed by atoms with Crippen molar-refractivity contribution >= 4 is 6.08 Å². The van der Waals surface area contributed by atoms with Gasteiger partial charge in [-0.3, -0.25) is 0 Å². The molecule has 1 atom stereocenters. The van der Waals surface area contributed by atoms with Gasteiger partial charge in [-0.25, -0.2) is 8.78 Å². The molecule has 1 unspecified atom stereocenters. The number of ether oxygens (including phenoxy) is 1. The Morgan fingerprint density at radius 1 is 1.04 bits per heavy atom. The third-order valence-corrected chi connectivity index (χ3v) is 5.16. The fraction of sp³-hybridized carbons (Fsp3) is 0.174. The van der Waals surface area contributed by atoms with E-state index in [4.69, 9.17) is 10.5 Å². The summed E-state index contributed by atoms with van der Waals surface area (Å²) >= 11 is 0. The SMILES string of the molecule is N#CC1=C(N)OC2=C(CCC/C2=C\c2ccccc2F)C1c1ccccc1F. The molecule has 1 heterocycles. The highest BCUT2D eigenvalue weighted by atomic mass is 19.1. The van der Waals surface area contributed by atoms with E-state index in [-0.39, 0.29) is 17.3 Å². The lowest BCUT2D eigenvalue weighted by Crippen LogP contribution is -2.24. The predicted molar refractivity (Wildman–Crippen MR) is 102 cm³/mol. The van der Waals surface area contributed by atoms with Crippen molar-refractivity contribution in [1.29, 1.82) is 5.26 Å². The molecule has 1 aliphatic heterocycles. The van der Waals surface area contributed by atoms with Gasteiger partial charge in [-0.1, -0.05) is 36.4 Å². The summed E-state index contributed by atoms with van der Waals surface area (Å²) in [5, 5.41) is 9.63. The van der Waals surface area contributed by atoms with Crippen molar-refractivity contribution in [1.82, 2.24) is 0 Å². The van der Waals surface area contributed by atoms with E-state index in [0.717, 1.165) is 17.6 Å². The van der Waals surface area contributed by atoms with Crippen molar-refractivity contribution in [3.05, 3.63) is 99.7 Å². The summed E-state index contributed by atoms with van der Waals surface area (Å²) in [7, 11) is 0. The molecule has 0 saturated carbocycles. The van der Waals surface area contributed by atoms with Crippen LogP contribution in [-0.4, -0.2) is 0 Å². The molecule has 4 rings (SSSR count). The molecule has 0 aromatic heterocycles. The molecule has 0 bridgehead atoms. The van der Waals surface area contributed by atoms with Gasteiger partial charge in [0.25, 0.3) is 0 Å². The summed E-state index contributed by atoms with van der Waals surface area (Å²) in [5.41, 5.74) is 8.69. The minimum atomic E-state index is -0.598. The van der Waals surface area contributed by atoms with Crippen LogP contribution >= 0.6 is 0 Å². The molecular formula is C23H18F2N2O. The van der Waals surface area contributed by atoms with Crippen molar-refractivity contribution < 1.29 is 13.5 Å². The number of nitrogens with two attached hydrogens (primary N) is 1. The summed E-state index contributed by atoms with van der Waals surface area (Å²) < 4.78 is 34.5. The largest absolute Gasteiger partial charge is 0.440 e. The Morgan fingerprint density at radius 3 is 2.46 bits per heavy atom. The normalized spacial score (nSPS) is 20.6. The summed E-state index contributed by atoms with van der Waals surface area (Å²) in [6.45, 7) is 0. The average molecular weight is 376 g/mol. The molecule has 0 spiro atoms. The number of rotatable bonds is 2. The molecule has 5 heteroatoms. The minimum absolute atomic E-state index is 0.0316. The monoisotopic (exact) mass is 376 g/mol. The maximum Gasteiger partial charge on any atom is 0.205 e. The molecule has 0 saturated heterocycles. The highest BCUT2D eigenvalue weighted by Gasteiger charge is 2.36. The third kappa shape index (κ3) is 3.07. The van der Waals surface area contributed by atoms with Crippen LogP contribution in [-0.2, 0) is 4.74 Å². The molecule has 3 nitrogen and oxygen atoms in total. The van der Waals surface area contributed by atoms with E-state index < -0.39 is 11.7 Å². The van der Waals surface area contributed by atoms with E-state index in [9.17, 15) is 14.0 Å². The van der Waals surface area contributed by atoms with Gasteiger partial charge in [-0.05, 0) is 48.6 Å². The zero-order valence-electron chi connectivity index (χ0n) is 15.1. The van der Waals surface area contributed by atoms with Gasteiger partial charge in [0.1, 0.15) is 29.0 Å². The lowest BCUT2D eigenvalue weighted by molar-refractivity contribution is 0.276. The molecular weight excluding hydrogens is 358 g/mol. The van der Waals surface area contributed by atoms with Crippen molar-refractivity contribution in [2.75, 3.05) is 0 Å². The van der Waals surface area contributed by atoms with Crippen LogP contribution in [0.5, 0.6) is 0 Å². The van der Waals surface area contributed by atoms with Crippen molar-refractivity contribution in [2.24, 2.45) is 5.73 Å². The molecule has 2 aliphatic rings. The van der Waals surface area contributed by atoms with Crippen LogP contribution in [0.3, 0.4) is 0 Å². The Hall–Kier alpha value is -3.39. The molecule has 2 N–H and O–H groups in total. The first-order valence-corrected chi connectivity index (χ1v) is 9.10. The Morgan fingerprint density at radius 2 is 1.75 bits per heavy atom. The standard InChI is InChI=1S/C23H18F2N2O/c24-19-10-3-1-6-14(19)12-15-7-5-9-17-21(16-8-2-4-11-20(16)25)18(13-26)23(27)28-22(15)17/h1-4,6,8,10-12,21H,5,7,9,27H2/b15-12+. The predicted octanol–water partition coefficient (Wildman–Crippen LogP) is 5.29. The maximum atomic E-state index is 14.6. The Bertz CT molecular complexity index is 1080. The van der Waals surface area contributed by atoms with Gasteiger partial charge in [-0.2, -0.15) is 5.26 Å². The number of nitriles is 1. The van der Waals surface area contributed by atoms with Crippen LogP contribution in [0.25, 0.3) is 6.08 Å². The number of hydrogen-bond donors (Lipinski definition) is 1. The molecule has 0 amide bonds. The van der Waals surface area contributed by atoms with E-state index in [0.29, 0.717) is 29.7 Å². The quantitative estimate of drug-likeness (QED) is 0.774. The number of halogens is 2. The summed E-state index contributed by atoms with van der Waals surface area (Å²) in [6.07, 6.45) is 3.88. The minimum Gasteiger partial charge on any atom is -0.440 e. The first kappa shape index (κ1) is 18.0. The first-order valence-electron chi connectivity index (χ1n) is 9.10. The molecule has 28 heavy (non-hydrogen) atoms. The van der Waals surface area contributed by atoms with Gasteiger partial charge < -0.3 is 10.5 Å². The van der Waals surface area contributed by atoms with Crippen LogP contribution in [0.15, 0.2) is 76.9 Å².